The largest absolute Gasteiger partial charge is 0.481 e. The number of carbonyl (C=O) groups is 4. The van der Waals surface area contributed by atoms with Crippen molar-refractivity contribution < 1.29 is 39.2 Å². The molecule has 1 heterocycles. The van der Waals surface area contributed by atoms with Crippen LogP contribution in [0.2, 0.25) is 0 Å². The quantitative estimate of drug-likeness (QED) is 0.249. The average molecular weight is 388 g/mol. The molecule has 1 amide bonds. The molecule has 5 N–H and O–H groups in total. The van der Waals surface area contributed by atoms with Crippen molar-refractivity contribution in [3.8, 4) is 0 Å². The highest BCUT2D eigenvalue weighted by Crippen LogP contribution is 2.33. The summed E-state index contributed by atoms with van der Waals surface area (Å²) in [6.07, 6.45) is 0.118. The number of aliphatic carboxylic acids is 2. The van der Waals surface area contributed by atoms with Crippen LogP contribution in [-0.2, 0) is 23.9 Å². The van der Waals surface area contributed by atoms with E-state index < -0.39 is 34.9 Å². The van der Waals surface area contributed by atoms with Crippen LogP contribution in [0.1, 0.15) is 26.2 Å². The first-order chi connectivity index (χ1) is 12.0. The summed E-state index contributed by atoms with van der Waals surface area (Å²) >= 11 is 0.880. The molecule has 1 aliphatic heterocycles. The zero-order chi connectivity index (χ0) is 19.9. The molecule has 0 radical (unpaired) electrons. The zero-order valence-electron chi connectivity index (χ0n) is 14.0. The van der Waals surface area contributed by atoms with Gasteiger partial charge in [0.15, 0.2) is 11.1 Å². The molecule has 26 heavy (non-hydrogen) atoms. The van der Waals surface area contributed by atoms with E-state index in [9.17, 15) is 29.4 Å². The second kappa shape index (κ2) is 9.25. The molecule has 144 valence electrons. The van der Waals surface area contributed by atoms with Crippen molar-refractivity contribution >= 4 is 35.6 Å². The lowest BCUT2D eigenvalue weighted by atomic mass is 10.1. The first kappa shape index (κ1) is 21.5. The molecule has 0 fully saturated rings. The van der Waals surface area contributed by atoms with Crippen LogP contribution in [0.3, 0.4) is 0 Å². The lowest BCUT2D eigenvalue weighted by molar-refractivity contribution is -0.143. The first-order valence-electron chi connectivity index (χ1n) is 7.49. The summed E-state index contributed by atoms with van der Waals surface area (Å²) in [4.78, 5) is 44.8. The summed E-state index contributed by atoms with van der Waals surface area (Å²) in [6.45, 7) is 4.27. The van der Waals surface area contributed by atoms with Gasteiger partial charge in [0.05, 0.1) is 0 Å². The predicted octanol–water partition coefficient (Wildman–Crippen LogP) is -0.246. The standard InChI is InChI=1S/C15H20N2O8S/c1-8(6-25-9(2)18)12(14(22)23)16-13(21)10-7-26-15(24,17-10)5-3-4-11(19)20/h7,12,17,24H,1,3-6H2,2H3,(H,16,21)(H,19,20)(H,22,23). The van der Waals surface area contributed by atoms with Gasteiger partial charge in [-0.15, -0.1) is 0 Å². The summed E-state index contributed by atoms with van der Waals surface area (Å²) < 4.78 is 4.66. The fourth-order valence-corrected chi connectivity index (χ4v) is 2.87. The maximum Gasteiger partial charge on any atom is 0.330 e. The Balaban J connectivity index is 2.62. The number of ether oxygens (including phenoxy) is 1. The van der Waals surface area contributed by atoms with E-state index in [1.54, 1.807) is 0 Å². The van der Waals surface area contributed by atoms with E-state index in [1.807, 2.05) is 0 Å². The topological polar surface area (TPSA) is 162 Å². The third kappa shape index (κ3) is 6.76. The van der Waals surface area contributed by atoms with Crippen LogP contribution < -0.4 is 10.6 Å². The van der Waals surface area contributed by atoms with Gasteiger partial charge in [0.2, 0.25) is 0 Å². The van der Waals surface area contributed by atoms with Gasteiger partial charge in [-0.1, -0.05) is 18.3 Å². The van der Waals surface area contributed by atoms with Crippen molar-refractivity contribution in [1.82, 2.24) is 10.6 Å². The normalized spacial score (nSPS) is 19.7. The summed E-state index contributed by atoms with van der Waals surface area (Å²) in [5.74, 6) is -3.82. The van der Waals surface area contributed by atoms with Gasteiger partial charge in [0.25, 0.3) is 5.91 Å². The van der Waals surface area contributed by atoms with E-state index in [0.717, 1.165) is 18.7 Å². The van der Waals surface area contributed by atoms with Gasteiger partial charge in [-0.3, -0.25) is 14.4 Å². The number of esters is 1. The summed E-state index contributed by atoms with van der Waals surface area (Å²) in [5.41, 5.74) is -0.108. The molecular weight excluding hydrogens is 368 g/mol. The summed E-state index contributed by atoms with van der Waals surface area (Å²) in [5, 5.41) is 32.6. The van der Waals surface area contributed by atoms with Crippen molar-refractivity contribution in [2.75, 3.05) is 6.61 Å². The maximum atomic E-state index is 12.2. The molecule has 11 heteroatoms. The Labute approximate surface area is 153 Å². The Bertz CT molecular complexity index is 648. The number of amides is 1. The zero-order valence-corrected chi connectivity index (χ0v) is 14.8. The van der Waals surface area contributed by atoms with E-state index >= 15 is 0 Å². The number of thioether (sulfide) groups is 1. The number of carboxylic acids is 2. The van der Waals surface area contributed by atoms with Crippen LogP contribution in [-0.4, -0.2) is 56.8 Å². The highest BCUT2D eigenvalue weighted by atomic mass is 32.2. The van der Waals surface area contributed by atoms with Crippen LogP contribution in [0.15, 0.2) is 23.3 Å². The molecule has 2 unspecified atom stereocenters. The van der Waals surface area contributed by atoms with Crippen molar-refractivity contribution in [2.45, 2.75) is 37.3 Å². The van der Waals surface area contributed by atoms with Gasteiger partial charge in [-0.25, -0.2) is 4.79 Å². The summed E-state index contributed by atoms with van der Waals surface area (Å²) in [7, 11) is 0. The van der Waals surface area contributed by atoms with Crippen molar-refractivity contribution in [1.29, 1.82) is 0 Å². The molecule has 1 aliphatic rings. The molecule has 2 atom stereocenters. The minimum Gasteiger partial charge on any atom is -0.481 e. The van der Waals surface area contributed by atoms with Crippen LogP contribution in [0.4, 0.5) is 0 Å². The Kier molecular flexibility index (Phi) is 7.65. The third-order valence-electron chi connectivity index (χ3n) is 3.24. The van der Waals surface area contributed by atoms with E-state index in [1.165, 1.54) is 5.41 Å². The minimum absolute atomic E-state index is 0.0379. The van der Waals surface area contributed by atoms with Gasteiger partial charge in [0.1, 0.15) is 12.3 Å². The number of carbonyl (C=O) groups excluding carboxylic acids is 2. The van der Waals surface area contributed by atoms with E-state index in [-0.39, 0.29) is 37.1 Å². The molecule has 1 rings (SSSR count). The van der Waals surface area contributed by atoms with Gasteiger partial charge in [-0.05, 0) is 12.0 Å². The molecular formula is C15H20N2O8S. The van der Waals surface area contributed by atoms with Crippen LogP contribution in [0.5, 0.6) is 0 Å². The smallest absolute Gasteiger partial charge is 0.330 e. The lowest BCUT2D eigenvalue weighted by Gasteiger charge is -2.24. The molecule has 0 spiro atoms. The first-order valence-corrected chi connectivity index (χ1v) is 8.37. The highest BCUT2D eigenvalue weighted by Gasteiger charge is 2.36. The molecule has 0 saturated heterocycles. The van der Waals surface area contributed by atoms with E-state index in [4.69, 9.17) is 5.11 Å². The van der Waals surface area contributed by atoms with E-state index in [2.05, 4.69) is 21.9 Å². The fourth-order valence-electron chi connectivity index (χ4n) is 1.96. The Morgan fingerprint density at radius 1 is 1.38 bits per heavy atom. The van der Waals surface area contributed by atoms with Crippen molar-refractivity contribution in [3.05, 3.63) is 23.3 Å². The van der Waals surface area contributed by atoms with Crippen molar-refractivity contribution in [3.63, 3.8) is 0 Å². The van der Waals surface area contributed by atoms with Crippen LogP contribution >= 0.6 is 11.8 Å². The maximum absolute atomic E-state index is 12.2. The number of hydrogen-bond acceptors (Lipinski definition) is 8. The van der Waals surface area contributed by atoms with Crippen LogP contribution in [0.25, 0.3) is 0 Å². The molecule has 0 saturated carbocycles. The van der Waals surface area contributed by atoms with E-state index in [0.29, 0.717) is 0 Å². The number of nitrogens with one attached hydrogen (secondary N) is 2. The molecule has 0 aliphatic carbocycles. The van der Waals surface area contributed by atoms with Crippen LogP contribution in [0, 0.1) is 0 Å². The molecule has 0 aromatic carbocycles. The number of hydrogen-bond donors (Lipinski definition) is 5. The number of rotatable bonds is 10. The third-order valence-corrected chi connectivity index (χ3v) is 4.29. The second-order valence-corrected chi connectivity index (χ2v) is 6.64. The predicted molar refractivity (Wildman–Crippen MR) is 90.6 cm³/mol. The molecule has 0 aromatic heterocycles. The monoisotopic (exact) mass is 388 g/mol. The number of carboxylic acid groups (broad SMARTS) is 2. The summed E-state index contributed by atoms with van der Waals surface area (Å²) in [6, 6.07) is -1.49. The minimum atomic E-state index is -1.55. The van der Waals surface area contributed by atoms with Gasteiger partial charge < -0.3 is 30.7 Å². The Morgan fingerprint density at radius 2 is 2.04 bits per heavy atom. The molecule has 0 aromatic rings. The van der Waals surface area contributed by atoms with Gasteiger partial charge >= 0.3 is 17.9 Å². The SMILES string of the molecule is C=C(COC(C)=O)C(NC(=O)C1=CSC(O)(CCCC(=O)O)N1)C(=O)O. The highest BCUT2D eigenvalue weighted by molar-refractivity contribution is 8.03. The second-order valence-electron chi connectivity index (χ2n) is 5.49. The Hall–Kier alpha value is -2.53. The van der Waals surface area contributed by atoms with Crippen molar-refractivity contribution in [2.24, 2.45) is 0 Å². The van der Waals surface area contributed by atoms with Gasteiger partial charge in [0, 0.05) is 25.2 Å². The fraction of sp³-hybridized carbons (Fsp3) is 0.467. The molecule has 0 bridgehead atoms. The average Bonchev–Trinajstić information content (AvgIpc) is 2.91. The number of aliphatic hydroxyl groups is 1. The Morgan fingerprint density at radius 3 is 2.58 bits per heavy atom. The van der Waals surface area contributed by atoms with Gasteiger partial charge in [-0.2, -0.15) is 0 Å². The lowest BCUT2D eigenvalue weighted by Crippen LogP contribution is -2.47. The molecule has 10 nitrogen and oxygen atoms in total.